The Morgan fingerprint density at radius 3 is 2.50 bits per heavy atom. The van der Waals surface area contributed by atoms with Crippen molar-refractivity contribution < 1.29 is 19.0 Å². The fourth-order valence-electron chi connectivity index (χ4n) is 8.53. The van der Waals surface area contributed by atoms with E-state index in [1.165, 1.54) is 12.8 Å². The highest BCUT2D eigenvalue weighted by molar-refractivity contribution is 6.35. The second-order valence-corrected chi connectivity index (χ2v) is 14.3. The fraction of sp³-hybridized carbons (Fsp3) is 0.500. The number of hydrogen-bond acceptors (Lipinski definition) is 8. The van der Waals surface area contributed by atoms with Crippen LogP contribution < -0.4 is 15.0 Å². The van der Waals surface area contributed by atoms with Crippen molar-refractivity contribution >= 4 is 39.1 Å². The number of fused-ring (bicyclic) bond motifs is 6. The SMILES string of the molecule is CO[C@@H]1C[C@H]2CC[C@@H](C1)N2C[C@@H](C)COc1nc(N2CC3CCC(C2)N3)c2cc(Cl)c(-c3cc(O)cc4ccccc34)c(F)c2n1. The molecule has 2 N–H and O–H groups in total. The van der Waals surface area contributed by atoms with Gasteiger partial charge in [0.25, 0.3) is 0 Å². The molecule has 0 amide bonds. The number of piperazine rings is 1. The number of phenolic OH excluding ortho intramolecular Hbond substituents is 1. The molecule has 4 saturated heterocycles. The monoisotopic (exact) mass is 645 g/mol. The maximum Gasteiger partial charge on any atom is 0.319 e. The molecule has 3 aromatic carbocycles. The van der Waals surface area contributed by atoms with Gasteiger partial charge in [-0.15, -0.1) is 0 Å². The Morgan fingerprint density at radius 2 is 1.76 bits per heavy atom. The van der Waals surface area contributed by atoms with Crippen molar-refractivity contribution in [2.75, 3.05) is 38.3 Å². The van der Waals surface area contributed by atoms with Crippen molar-refractivity contribution in [1.29, 1.82) is 0 Å². The number of nitrogens with one attached hydrogen (secondary N) is 1. The summed E-state index contributed by atoms with van der Waals surface area (Å²) in [5.41, 5.74) is 0.897. The molecule has 0 radical (unpaired) electrons. The van der Waals surface area contributed by atoms with Gasteiger partial charge >= 0.3 is 6.01 Å². The van der Waals surface area contributed by atoms with Gasteiger partial charge in [-0.05, 0) is 73.1 Å². The Morgan fingerprint density at radius 1 is 1.02 bits per heavy atom. The predicted molar refractivity (Wildman–Crippen MR) is 179 cm³/mol. The van der Waals surface area contributed by atoms with E-state index < -0.39 is 5.82 Å². The number of rotatable bonds is 8. The molecule has 4 aromatic rings. The first-order valence-corrected chi connectivity index (χ1v) is 17.1. The molecule has 5 heterocycles. The highest BCUT2D eigenvalue weighted by Crippen LogP contribution is 2.43. The smallest absolute Gasteiger partial charge is 0.319 e. The Hall–Kier alpha value is -3.24. The second-order valence-electron chi connectivity index (χ2n) is 13.9. The van der Waals surface area contributed by atoms with Crippen LogP contribution >= 0.6 is 11.6 Å². The van der Waals surface area contributed by atoms with Gasteiger partial charge in [-0.3, -0.25) is 4.90 Å². The Bertz CT molecular complexity index is 1760. The quantitative estimate of drug-likeness (QED) is 0.223. The average molecular weight is 646 g/mol. The molecule has 4 aliphatic heterocycles. The topological polar surface area (TPSA) is 83.0 Å². The van der Waals surface area contributed by atoms with Crippen LogP contribution in [0.2, 0.25) is 5.02 Å². The molecule has 0 spiro atoms. The van der Waals surface area contributed by atoms with Crippen LogP contribution in [0.4, 0.5) is 10.2 Å². The van der Waals surface area contributed by atoms with E-state index in [1.54, 1.807) is 18.2 Å². The number of hydrogen-bond donors (Lipinski definition) is 2. The summed E-state index contributed by atoms with van der Waals surface area (Å²) in [5.74, 6) is 0.389. The molecule has 10 heteroatoms. The summed E-state index contributed by atoms with van der Waals surface area (Å²) in [5, 5.41) is 16.6. The van der Waals surface area contributed by atoms with Crippen LogP contribution in [0, 0.1) is 11.7 Å². The molecular weight excluding hydrogens is 605 g/mol. The number of ether oxygens (including phenoxy) is 2. The number of aromatic hydroxyl groups is 1. The minimum Gasteiger partial charge on any atom is -0.508 e. The number of methoxy groups -OCH3 is 1. The number of phenols is 1. The van der Waals surface area contributed by atoms with Crippen molar-refractivity contribution in [2.24, 2.45) is 5.92 Å². The number of benzene rings is 3. The minimum atomic E-state index is -0.546. The lowest BCUT2D eigenvalue weighted by Crippen LogP contribution is -2.51. The number of nitrogens with zero attached hydrogens (tertiary/aromatic N) is 4. The molecule has 4 fully saturated rings. The molecule has 2 unspecified atom stereocenters. The third kappa shape index (κ3) is 5.45. The summed E-state index contributed by atoms with van der Waals surface area (Å²) in [6, 6.07) is 14.6. The van der Waals surface area contributed by atoms with Crippen LogP contribution in [-0.2, 0) is 4.74 Å². The van der Waals surface area contributed by atoms with Gasteiger partial charge in [-0.1, -0.05) is 42.8 Å². The third-order valence-corrected chi connectivity index (χ3v) is 11.0. The number of anilines is 1. The largest absolute Gasteiger partial charge is 0.508 e. The summed E-state index contributed by atoms with van der Waals surface area (Å²) in [6.07, 6.45) is 7.20. The van der Waals surface area contributed by atoms with Gasteiger partial charge in [0, 0.05) is 67.8 Å². The minimum absolute atomic E-state index is 0.0434. The summed E-state index contributed by atoms with van der Waals surface area (Å²) in [6.45, 7) is 5.11. The molecule has 4 bridgehead atoms. The molecular formula is C36H41ClFN5O3. The molecule has 1 aromatic heterocycles. The van der Waals surface area contributed by atoms with E-state index in [-0.39, 0.29) is 33.8 Å². The fourth-order valence-corrected chi connectivity index (χ4v) is 8.82. The summed E-state index contributed by atoms with van der Waals surface area (Å²) in [7, 11) is 1.82. The van der Waals surface area contributed by atoms with Gasteiger partial charge in [-0.25, -0.2) is 4.39 Å². The standard InChI is InChI=1S/C36H41ClFN5O3/c1-20(16-43-24-9-10-25(43)13-27(12-24)45-2)19-46-36-40-34-30(35(41-36)42-17-22-7-8-23(18-42)39-22)15-31(37)32(33(34)38)29-14-26(44)11-21-5-3-4-6-28(21)29/h3-6,11,14-15,20,22-25,27,39,44H,7-10,12-13,16-19H2,1-2H3/t20-,22?,23?,24-,25+,27-/m1/s1. The van der Waals surface area contributed by atoms with Crippen molar-refractivity contribution in [3.63, 3.8) is 0 Å². The van der Waals surface area contributed by atoms with Crippen LogP contribution in [0.25, 0.3) is 32.8 Å². The van der Waals surface area contributed by atoms with Crippen LogP contribution in [0.3, 0.4) is 0 Å². The van der Waals surface area contributed by atoms with Gasteiger partial charge in [0.05, 0.1) is 17.7 Å². The zero-order valence-corrected chi connectivity index (χ0v) is 27.1. The predicted octanol–water partition coefficient (Wildman–Crippen LogP) is 6.55. The third-order valence-electron chi connectivity index (χ3n) is 10.7. The van der Waals surface area contributed by atoms with E-state index in [0.717, 1.165) is 56.1 Å². The number of piperidine rings is 1. The normalized spacial score (nSPS) is 26.7. The van der Waals surface area contributed by atoms with Gasteiger partial charge < -0.3 is 24.8 Å². The maximum atomic E-state index is 16.9. The first-order chi connectivity index (χ1) is 22.3. The molecule has 8 nitrogen and oxygen atoms in total. The average Bonchev–Trinajstić information content (AvgIpc) is 3.49. The van der Waals surface area contributed by atoms with E-state index in [2.05, 4.69) is 22.0 Å². The second kappa shape index (κ2) is 12.1. The Labute approximate surface area is 273 Å². The molecule has 6 atom stereocenters. The van der Waals surface area contributed by atoms with E-state index >= 15 is 4.39 Å². The summed E-state index contributed by atoms with van der Waals surface area (Å²) >= 11 is 6.91. The lowest BCUT2D eigenvalue weighted by atomic mass is 9.96. The molecule has 0 aliphatic carbocycles. The first-order valence-electron chi connectivity index (χ1n) is 16.7. The van der Waals surface area contributed by atoms with E-state index in [4.69, 9.17) is 31.0 Å². The van der Waals surface area contributed by atoms with Gasteiger partial charge in [-0.2, -0.15) is 9.97 Å². The zero-order valence-electron chi connectivity index (χ0n) is 26.4. The van der Waals surface area contributed by atoms with Crippen molar-refractivity contribution in [3.8, 4) is 22.9 Å². The van der Waals surface area contributed by atoms with E-state index in [0.29, 0.717) is 53.6 Å². The van der Waals surface area contributed by atoms with Crippen LogP contribution in [0.15, 0.2) is 42.5 Å². The summed E-state index contributed by atoms with van der Waals surface area (Å²) < 4.78 is 28.9. The van der Waals surface area contributed by atoms with E-state index in [9.17, 15) is 5.11 Å². The maximum absolute atomic E-state index is 16.9. The van der Waals surface area contributed by atoms with Crippen molar-refractivity contribution in [3.05, 3.63) is 53.3 Å². The number of halogens is 2. The molecule has 242 valence electrons. The lowest BCUT2D eigenvalue weighted by molar-refractivity contribution is -0.00166. The highest BCUT2D eigenvalue weighted by Gasteiger charge is 2.41. The summed E-state index contributed by atoms with van der Waals surface area (Å²) in [4.78, 5) is 14.5. The van der Waals surface area contributed by atoms with Crippen LogP contribution in [0.1, 0.15) is 45.4 Å². The van der Waals surface area contributed by atoms with Gasteiger partial charge in [0.1, 0.15) is 17.1 Å². The van der Waals surface area contributed by atoms with E-state index in [1.807, 2.05) is 31.4 Å². The first kappa shape index (κ1) is 30.1. The highest BCUT2D eigenvalue weighted by atomic mass is 35.5. The van der Waals surface area contributed by atoms with Gasteiger partial charge in [0.2, 0.25) is 0 Å². The molecule has 46 heavy (non-hydrogen) atoms. The molecule has 8 rings (SSSR count). The zero-order chi connectivity index (χ0) is 31.5. The lowest BCUT2D eigenvalue weighted by Gasteiger charge is -2.39. The Balaban J connectivity index is 1.15. The van der Waals surface area contributed by atoms with Crippen molar-refractivity contribution in [2.45, 2.75) is 75.7 Å². The Kier molecular flexibility index (Phi) is 7.91. The van der Waals surface area contributed by atoms with Crippen LogP contribution in [0.5, 0.6) is 11.8 Å². The molecule has 0 saturated carbocycles. The van der Waals surface area contributed by atoms with Crippen molar-refractivity contribution in [1.82, 2.24) is 20.2 Å². The van der Waals surface area contributed by atoms with Crippen LogP contribution in [-0.4, -0.2) is 83.6 Å². The number of aromatic nitrogens is 2. The van der Waals surface area contributed by atoms with Gasteiger partial charge in [0.15, 0.2) is 5.82 Å². The molecule has 4 aliphatic rings.